The highest BCUT2D eigenvalue weighted by Gasteiger charge is 2.30. The van der Waals surface area contributed by atoms with Crippen molar-refractivity contribution in [1.29, 1.82) is 0 Å². The minimum absolute atomic E-state index is 0.0520. The van der Waals surface area contributed by atoms with E-state index in [0.29, 0.717) is 11.1 Å². The predicted molar refractivity (Wildman–Crippen MR) is 106 cm³/mol. The van der Waals surface area contributed by atoms with E-state index < -0.39 is 28.8 Å². The molecular formula is C22H15F4N3O2. The van der Waals surface area contributed by atoms with Crippen LogP contribution >= 0.6 is 0 Å². The lowest BCUT2D eigenvalue weighted by atomic mass is 10.1. The van der Waals surface area contributed by atoms with Crippen molar-refractivity contribution >= 4 is 11.0 Å². The first kappa shape index (κ1) is 20.5. The summed E-state index contributed by atoms with van der Waals surface area (Å²) in [7, 11) is 0. The molecule has 0 unspecified atom stereocenters. The van der Waals surface area contributed by atoms with E-state index in [1.807, 2.05) is 0 Å². The summed E-state index contributed by atoms with van der Waals surface area (Å²) < 4.78 is 53.9. The van der Waals surface area contributed by atoms with Gasteiger partial charge in [-0.3, -0.25) is 13.9 Å². The Hall–Kier alpha value is -3.75. The van der Waals surface area contributed by atoms with Crippen molar-refractivity contribution in [2.75, 3.05) is 0 Å². The van der Waals surface area contributed by atoms with Gasteiger partial charge in [-0.2, -0.15) is 13.2 Å². The van der Waals surface area contributed by atoms with Crippen LogP contribution in [0.3, 0.4) is 0 Å². The molecule has 2 heterocycles. The Morgan fingerprint density at radius 3 is 2.00 bits per heavy atom. The summed E-state index contributed by atoms with van der Waals surface area (Å²) in [5.41, 5.74) is -0.729. The van der Waals surface area contributed by atoms with Crippen LogP contribution in [0.25, 0.3) is 11.0 Å². The molecule has 0 aliphatic heterocycles. The van der Waals surface area contributed by atoms with Gasteiger partial charge in [0.15, 0.2) is 5.52 Å². The van der Waals surface area contributed by atoms with E-state index in [4.69, 9.17) is 0 Å². The number of pyridine rings is 1. The molecule has 2 aromatic heterocycles. The molecule has 0 amide bonds. The highest BCUT2D eigenvalue weighted by atomic mass is 19.4. The maximum Gasteiger partial charge on any atom is 0.416 e. The van der Waals surface area contributed by atoms with Crippen LogP contribution in [0.5, 0.6) is 0 Å². The predicted octanol–water partition coefficient (Wildman–Crippen LogP) is 3.81. The number of nitrogens with zero attached hydrogens (tertiary/aromatic N) is 3. The molecule has 4 rings (SSSR count). The van der Waals surface area contributed by atoms with Gasteiger partial charge in [0.05, 0.1) is 24.2 Å². The van der Waals surface area contributed by atoms with Gasteiger partial charge >= 0.3 is 11.9 Å². The number of rotatable bonds is 4. The molecule has 0 aliphatic carbocycles. The normalized spacial score (nSPS) is 11.7. The molecule has 158 valence electrons. The molecule has 4 aromatic rings. The minimum Gasteiger partial charge on any atom is -0.287 e. The van der Waals surface area contributed by atoms with Gasteiger partial charge in [0.1, 0.15) is 5.82 Å². The molecule has 0 saturated carbocycles. The summed E-state index contributed by atoms with van der Waals surface area (Å²) in [6.07, 6.45) is -3.05. The highest BCUT2D eigenvalue weighted by Crippen LogP contribution is 2.29. The number of fused-ring (bicyclic) bond motifs is 1. The van der Waals surface area contributed by atoms with E-state index in [9.17, 15) is 27.2 Å². The number of hydrogen-bond donors (Lipinski definition) is 0. The molecule has 0 radical (unpaired) electrons. The Kier molecular flexibility index (Phi) is 5.18. The molecular weight excluding hydrogens is 414 g/mol. The standard InChI is InChI=1S/C22H15F4N3O2/c23-17-9-5-15(6-10-17)13-29-20(30)19-18(2-1-11-27-19)28(21(29)31)12-14-3-7-16(8-4-14)22(24,25)26/h1-11H,12-13H2. The monoisotopic (exact) mass is 429 g/mol. The summed E-state index contributed by atoms with van der Waals surface area (Å²) in [4.78, 5) is 30.1. The topological polar surface area (TPSA) is 56.9 Å². The van der Waals surface area contributed by atoms with Gasteiger partial charge in [-0.25, -0.2) is 14.2 Å². The van der Waals surface area contributed by atoms with Crippen LogP contribution in [0.15, 0.2) is 76.4 Å². The number of alkyl halides is 3. The average Bonchev–Trinajstić information content (AvgIpc) is 2.75. The van der Waals surface area contributed by atoms with Gasteiger partial charge in [0.2, 0.25) is 0 Å². The number of benzene rings is 2. The maximum absolute atomic E-state index is 13.2. The van der Waals surface area contributed by atoms with Crippen LogP contribution in [0.1, 0.15) is 16.7 Å². The average molecular weight is 429 g/mol. The SMILES string of the molecule is O=c1c2ncccc2n(Cc2ccc(C(F)(F)F)cc2)c(=O)n1Cc1ccc(F)cc1. The minimum atomic E-state index is -4.46. The Morgan fingerprint density at radius 2 is 1.39 bits per heavy atom. The van der Waals surface area contributed by atoms with Gasteiger partial charge < -0.3 is 0 Å². The van der Waals surface area contributed by atoms with Gasteiger partial charge in [-0.1, -0.05) is 24.3 Å². The van der Waals surface area contributed by atoms with Crippen molar-refractivity contribution < 1.29 is 17.6 Å². The van der Waals surface area contributed by atoms with Crippen LogP contribution in [-0.4, -0.2) is 14.1 Å². The largest absolute Gasteiger partial charge is 0.416 e. The zero-order valence-electron chi connectivity index (χ0n) is 15.9. The summed E-state index contributed by atoms with van der Waals surface area (Å²) in [5.74, 6) is -0.448. The lowest BCUT2D eigenvalue weighted by Gasteiger charge is -2.14. The van der Waals surface area contributed by atoms with E-state index in [0.717, 1.165) is 16.7 Å². The molecule has 0 aliphatic rings. The third kappa shape index (κ3) is 4.11. The molecule has 0 bridgehead atoms. The molecule has 0 spiro atoms. The van der Waals surface area contributed by atoms with Gasteiger partial charge in [-0.15, -0.1) is 0 Å². The van der Waals surface area contributed by atoms with Crippen LogP contribution in [-0.2, 0) is 19.3 Å². The fourth-order valence-electron chi connectivity index (χ4n) is 3.29. The summed E-state index contributed by atoms with van der Waals surface area (Å²) in [6.45, 7) is -0.152. The van der Waals surface area contributed by atoms with Crippen molar-refractivity contribution in [1.82, 2.24) is 14.1 Å². The summed E-state index contributed by atoms with van der Waals surface area (Å²) >= 11 is 0. The first-order chi connectivity index (χ1) is 14.7. The van der Waals surface area contributed by atoms with Crippen LogP contribution in [0.4, 0.5) is 17.6 Å². The van der Waals surface area contributed by atoms with Crippen LogP contribution in [0.2, 0.25) is 0 Å². The van der Waals surface area contributed by atoms with Crippen molar-refractivity contribution in [2.45, 2.75) is 19.3 Å². The fourth-order valence-corrected chi connectivity index (χ4v) is 3.29. The van der Waals surface area contributed by atoms with E-state index in [2.05, 4.69) is 4.98 Å². The molecule has 5 nitrogen and oxygen atoms in total. The second-order valence-corrected chi connectivity index (χ2v) is 6.95. The summed E-state index contributed by atoms with van der Waals surface area (Å²) in [6, 6.07) is 12.9. The molecule has 0 fully saturated rings. The quantitative estimate of drug-likeness (QED) is 0.464. The second kappa shape index (κ2) is 7.82. The van der Waals surface area contributed by atoms with Crippen LogP contribution < -0.4 is 11.2 Å². The Morgan fingerprint density at radius 1 is 0.806 bits per heavy atom. The molecule has 31 heavy (non-hydrogen) atoms. The Bertz CT molecular complexity index is 1360. The number of hydrogen-bond acceptors (Lipinski definition) is 3. The zero-order valence-corrected chi connectivity index (χ0v) is 15.9. The smallest absolute Gasteiger partial charge is 0.287 e. The third-order valence-electron chi connectivity index (χ3n) is 4.86. The molecule has 0 N–H and O–H groups in total. The van der Waals surface area contributed by atoms with Crippen molar-refractivity contribution in [2.24, 2.45) is 0 Å². The first-order valence-electron chi connectivity index (χ1n) is 9.23. The lowest BCUT2D eigenvalue weighted by Crippen LogP contribution is -2.40. The van der Waals surface area contributed by atoms with Crippen molar-refractivity contribution in [3.05, 3.63) is 110 Å². The van der Waals surface area contributed by atoms with Gasteiger partial charge in [-0.05, 0) is 47.5 Å². The fraction of sp³-hybridized carbons (Fsp3) is 0.136. The first-order valence-corrected chi connectivity index (χ1v) is 9.23. The van der Waals surface area contributed by atoms with Gasteiger partial charge in [0.25, 0.3) is 5.56 Å². The molecule has 0 saturated heterocycles. The number of aromatic nitrogens is 3. The Labute approximate surface area is 172 Å². The Balaban J connectivity index is 1.81. The summed E-state index contributed by atoms with van der Waals surface area (Å²) in [5, 5.41) is 0. The number of halogens is 4. The molecule has 0 atom stereocenters. The van der Waals surface area contributed by atoms with Gasteiger partial charge in [0, 0.05) is 6.20 Å². The van der Waals surface area contributed by atoms with E-state index in [1.165, 1.54) is 47.2 Å². The maximum atomic E-state index is 13.2. The van der Waals surface area contributed by atoms with Crippen molar-refractivity contribution in [3.63, 3.8) is 0 Å². The zero-order chi connectivity index (χ0) is 22.2. The highest BCUT2D eigenvalue weighted by molar-refractivity contribution is 5.73. The van der Waals surface area contributed by atoms with E-state index in [-0.39, 0.29) is 24.1 Å². The lowest BCUT2D eigenvalue weighted by molar-refractivity contribution is -0.137. The van der Waals surface area contributed by atoms with E-state index >= 15 is 0 Å². The van der Waals surface area contributed by atoms with E-state index in [1.54, 1.807) is 12.1 Å². The third-order valence-corrected chi connectivity index (χ3v) is 4.86. The molecule has 2 aromatic carbocycles. The van der Waals surface area contributed by atoms with Crippen molar-refractivity contribution in [3.8, 4) is 0 Å². The second-order valence-electron chi connectivity index (χ2n) is 6.95. The van der Waals surface area contributed by atoms with Crippen LogP contribution in [0, 0.1) is 5.82 Å². The molecule has 9 heteroatoms.